The molecule has 5 aliphatic rings. The SMILES string of the molecule is C=C[C@H]1[C@H](O[C@@H]2O[C@H](CO)[C@@H](O)[C@H](O[C@@H]3O[C@@H](C)CC4=C3C(=O)OCC4)[C@H]2O)OC=C2C(=O)OCC[C@]21O. The summed E-state index contributed by atoms with van der Waals surface area (Å²) in [5.74, 6) is -2.29. The quantitative estimate of drug-likeness (QED) is 0.236. The van der Waals surface area contributed by atoms with Gasteiger partial charge in [0.25, 0.3) is 0 Å². The standard InChI is InChI=1S/C25H32O13/c1-3-13-22(34-10-14-20(29)33-7-5-25(13,14)31)38-24-18(28)19(17(27)15(9-26)36-24)37-23-16-12(8-11(2)35-23)4-6-32-21(16)30/h3,10-11,13,15,17-19,22-24,26-28,31H,1,4-9H2,2H3/t11-,13-,15+,17+,18+,19-,22-,23-,24-,25+/m0/s1. The predicted molar refractivity (Wildman–Crippen MR) is 122 cm³/mol. The van der Waals surface area contributed by atoms with Gasteiger partial charge >= 0.3 is 11.9 Å². The van der Waals surface area contributed by atoms with Gasteiger partial charge in [-0.25, -0.2) is 9.59 Å². The number of carbonyl (C=O) groups excluding carboxylic acids is 2. The molecule has 38 heavy (non-hydrogen) atoms. The fourth-order valence-electron chi connectivity index (χ4n) is 5.53. The third-order valence-electron chi connectivity index (χ3n) is 7.56. The molecule has 0 spiro atoms. The molecule has 0 bridgehead atoms. The first-order chi connectivity index (χ1) is 18.2. The summed E-state index contributed by atoms with van der Waals surface area (Å²) < 4.78 is 38.9. The largest absolute Gasteiger partial charge is 0.471 e. The highest BCUT2D eigenvalue weighted by atomic mass is 16.8. The summed E-state index contributed by atoms with van der Waals surface area (Å²) in [6.45, 7) is 5.10. The summed E-state index contributed by atoms with van der Waals surface area (Å²) in [5.41, 5.74) is -0.777. The van der Waals surface area contributed by atoms with Crippen molar-refractivity contribution in [2.24, 2.45) is 5.92 Å². The molecule has 13 heteroatoms. The maximum Gasteiger partial charge on any atom is 0.340 e. The molecule has 0 aromatic rings. The third kappa shape index (κ3) is 4.67. The number of esters is 2. The normalized spacial score (nSPS) is 43.2. The van der Waals surface area contributed by atoms with Crippen LogP contribution in [0.2, 0.25) is 0 Å². The summed E-state index contributed by atoms with van der Waals surface area (Å²) in [6.07, 6.45) is -6.67. The lowest BCUT2D eigenvalue weighted by molar-refractivity contribution is -0.358. The summed E-state index contributed by atoms with van der Waals surface area (Å²) in [6, 6.07) is 0. The van der Waals surface area contributed by atoms with E-state index in [1.54, 1.807) is 0 Å². The van der Waals surface area contributed by atoms with E-state index in [9.17, 15) is 30.0 Å². The zero-order valence-electron chi connectivity index (χ0n) is 20.8. The number of ether oxygens (including phenoxy) is 7. The van der Waals surface area contributed by atoms with Crippen molar-refractivity contribution >= 4 is 11.9 Å². The monoisotopic (exact) mass is 540 g/mol. The second-order valence-corrected chi connectivity index (χ2v) is 9.94. The van der Waals surface area contributed by atoms with Crippen LogP contribution in [0.25, 0.3) is 0 Å². The first-order valence-corrected chi connectivity index (χ1v) is 12.5. The van der Waals surface area contributed by atoms with Crippen molar-refractivity contribution in [1.82, 2.24) is 0 Å². The van der Waals surface area contributed by atoms with Crippen LogP contribution in [0.5, 0.6) is 0 Å². The molecule has 0 radical (unpaired) electrons. The van der Waals surface area contributed by atoms with Gasteiger partial charge in [0.15, 0.2) is 12.6 Å². The van der Waals surface area contributed by atoms with Crippen molar-refractivity contribution in [2.75, 3.05) is 19.8 Å². The van der Waals surface area contributed by atoms with E-state index < -0.39 is 73.4 Å². The minimum Gasteiger partial charge on any atom is -0.471 e. The fourth-order valence-corrected chi connectivity index (χ4v) is 5.53. The van der Waals surface area contributed by atoms with Gasteiger partial charge in [-0.1, -0.05) is 6.08 Å². The van der Waals surface area contributed by atoms with E-state index in [-0.39, 0.29) is 36.9 Å². The highest BCUT2D eigenvalue weighted by Gasteiger charge is 2.55. The molecule has 0 saturated carbocycles. The van der Waals surface area contributed by atoms with Crippen molar-refractivity contribution in [3.05, 3.63) is 35.6 Å². The summed E-state index contributed by atoms with van der Waals surface area (Å²) in [5, 5.41) is 43.1. The third-order valence-corrected chi connectivity index (χ3v) is 7.56. The number of hydrogen-bond donors (Lipinski definition) is 4. The molecule has 2 fully saturated rings. The van der Waals surface area contributed by atoms with Crippen LogP contribution < -0.4 is 0 Å². The smallest absolute Gasteiger partial charge is 0.340 e. The van der Waals surface area contributed by atoms with E-state index in [0.717, 1.165) is 11.8 Å². The number of carbonyl (C=O) groups is 2. The van der Waals surface area contributed by atoms with Gasteiger partial charge in [0.2, 0.25) is 6.29 Å². The molecule has 2 saturated heterocycles. The van der Waals surface area contributed by atoms with Crippen LogP contribution in [0.3, 0.4) is 0 Å². The lowest BCUT2D eigenvalue weighted by Crippen LogP contribution is -2.63. The molecule has 13 nitrogen and oxygen atoms in total. The fraction of sp³-hybridized carbons (Fsp3) is 0.680. The van der Waals surface area contributed by atoms with Crippen molar-refractivity contribution in [2.45, 2.75) is 81.2 Å². The highest BCUT2D eigenvalue weighted by molar-refractivity contribution is 5.92. The molecule has 0 amide bonds. The Morgan fingerprint density at radius 2 is 1.87 bits per heavy atom. The van der Waals surface area contributed by atoms with Gasteiger partial charge in [0.1, 0.15) is 35.6 Å². The van der Waals surface area contributed by atoms with Crippen LogP contribution in [0.1, 0.15) is 26.2 Å². The zero-order valence-corrected chi connectivity index (χ0v) is 20.8. The molecule has 0 aliphatic carbocycles. The first kappa shape index (κ1) is 27.2. The van der Waals surface area contributed by atoms with Crippen LogP contribution in [0.4, 0.5) is 0 Å². The highest BCUT2D eigenvalue weighted by Crippen LogP contribution is 2.42. The van der Waals surface area contributed by atoms with Gasteiger partial charge in [-0.15, -0.1) is 6.58 Å². The minimum atomic E-state index is -1.69. The molecule has 5 heterocycles. The van der Waals surface area contributed by atoms with Crippen LogP contribution in [0, 0.1) is 5.92 Å². The molecule has 210 valence electrons. The second kappa shape index (κ2) is 10.7. The van der Waals surface area contributed by atoms with Crippen LogP contribution in [-0.2, 0) is 42.7 Å². The summed E-state index contributed by atoms with van der Waals surface area (Å²) in [7, 11) is 0. The molecule has 5 rings (SSSR count). The van der Waals surface area contributed by atoms with E-state index in [2.05, 4.69) is 6.58 Å². The average molecular weight is 541 g/mol. The topological polar surface area (TPSA) is 180 Å². The van der Waals surface area contributed by atoms with Crippen molar-refractivity contribution in [1.29, 1.82) is 0 Å². The molecular weight excluding hydrogens is 508 g/mol. The summed E-state index contributed by atoms with van der Waals surface area (Å²) >= 11 is 0. The van der Waals surface area contributed by atoms with E-state index in [1.807, 2.05) is 6.92 Å². The van der Waals surface area contributed by atoms with Gasteiger partial charge in [-0.05, 0) is 18.9 Å². The van der Waals surface area contributed by atoms with Gasteiger partial charge in [-0.3, -0.25) is 0 Å². The number of cyclic esters (lactones) is 2. The van der Waals surface area contributed by atoms with Crippen molar-refractivity contribution < 1.29 is 63.2 Å². The number of hydrogen-bond acceptors (Lipinski definition) is 13. The van der Waals surface area contributed by atoms with Gasteiger partial charge in [-0.2, -0.15) is 0 Å². The maximum absolute atomic E-state index is 12.5. The Kier molecular flexibility index (Phi) is 7.64. The van der Waals surface area contributed by atoms with Gasteiger partial charge in [0.05, 0.1) is 43.7 Å². The van der Waals surface area contributed by atoms with Crippen LogP contribution >= 0.6 is 0 Å². The van der Waals surface area contributed by atoms with E-state index in [0.29, 0.717) is 12.8 Å². The van der Waals surface area contributed by atoms with E-state index in [4.69, 9.17) is 33.2 Å². The van der Waals surface area contributed by atoms with E-state index in [1.165, 1.54) is 6.08 Å². The number of aliphatic hydroxyl groups is 4. The van der Waals surface area contributed by atoms with Crippen molar-refractivity contribution in [3.8, 4) is 0 Å². The van der Waals surface area contributed by atoms with Crippen LogP contribution in [-0.4, -0.2) is 107 Å². The Balaban J connectivity index is 1.38. The maximum atomic E-state index is 12.5. The lowest BCUT2D eigenvalue weighted by atomic mass is 9.76. The number of fused-ring (bicyclic) bond motifs is 1. The lowest BCUT2D eigenvalue weighted by Gasteiger charge is -2.47. The molecule has 4 N–H and O–H groups in total. The molecule has 0 aromatic heterocycles. The van der Waals surface area contributed by atoms with Crippen LogP contribution in [0.15, 0.2) is 35.6 Å². The molecule has 0 unspecified atom stereocenters. The Hall–Kier alpha value is -2.36. The Bertz CT molecular complexity index is 1020. The Morgan fingerprint density at radius 1 is 1.11 bits per heavy atom. The molecule has 10 atom stereocenters. The number of aliphatic hydroxyl groups excluding tert-OH is 3. The first-order valence-electron chi connectivity index (χ1n) is 12.5. The molecule has 0 aromatic carbocycles. The van der Waals surface area contributed by atoms with E-state index >= 15 is 0 Å². The Morgan fingerprint density at radius 3 is 2.61 bits per heavy atom. The summed E-state index contributed by atoms with van der Waals surface area (Å²) in [4.78, 5) is 24.6. The second-order valence-electron chi connectivity index (χ2n) is 9.94. The molecular formula is C25H32O13. The van der Waals surface area contributed by atoms with Gasteiger partial charge in [0, 0.05) is 12.8 Å². The molecule has 5 aliphatic heterocycles. The zero-order chi connectivity index (χ0) is 27.2. The Labute approximate surface area is 218 Å². The minimum absolute atomic E-state index is 0.0267. The van der Waals surface area contributed by atoms with Gasteiger partial charge < -0.3 is 53.6 Å². The predicted octanol–water partition coefficient (Wildman–Crippen LogP) is -1.07. The number of rotatable bonds is 6. The van der Waals surface area contributed by atoms with Crippen molar-refractivity contribution in [3.63, 3.8) is 0 Å². The average Bonchev–Trinajstić information content (AvgIpc) is 2.87.